The monoisotopic (exact) mass is 210 g/mol. The molecule has 0 N–H and O–H groups in total. The molecule has 0 aliphatic carbocycles. The van der Waals surface area contributed by atoms with Crippen LogP contribution < -0.4 is 0 Å². The van der Waals surface area contributed by atoms with Crippen molar-refractivity contribution in [2.24, 2.45) is 0 Å². The lowest BCUT2D eigenvalue weighted by Gasteiger charge is -2.10. The maximum absolute atomic E-state index is 11.4. The van der Waals surface area contributed by atoms with E-state index in [1.807, 2.05) is 25.5 Å². The van der Waals surface area contributed by atoms with Crippen molar-refractivity contribution in [3.05, 3.63) is 17.0 Å². The first-order valence-corrected chi connectivity index (χ1v) is 5.05. The fourth-order valence-electron chi connectivity index (χ4n) is 1.70. The topological polar surface area (TPSA) is 44.1 Å². The van der Waals surface area contributed by atoms with Crippen LogP contribution in [0.4, 0.5) is 0 Å². The number of aryl methyl sites for hydroxylation is 1. The molecule has 4 nitrogen and oxygen atoms in total. The lowest BCUT2D eigenvalue weighted by atomic mass is 10.1. The molecule has 4 heteroatoms. The minimum Gasteiger partial charge on any atom is -0.380 e. The molecule has 0 spiro atoms. The minimum atomic E-state index is 0.0707. The summed E-state index contributed by atoms with van der Waals surface area (Å²) in [4.78, 5) is 11.4. The van der Waals surface area contributed by atoms with Crippen molar-refractivity contribution >= 4 is 5.78 Å². The predicted octanol–water partition coefficient (Wildman–Crippen LogP) is 1.74. The van der Waals surface area contributed by atoms with Crippen LogP contribution in [-0.4, -0.2) is 28.8 Å². The zero-order chi connectivity index (χ0) is 11.6. The molecule has 0 fully saturated rings. The molecule has 1 aromatic rings. The Balaban J connectivity index is 3.01. The number of hydrogen-bond acceptors (Lipinski definition) is 3. The maximum Gasteiger partial charge on any atom is 0.163 e. The van der Waals surface area contributed by atoms with Crippen molar-refractivity contribution < 1.29 is 9.53 Å². The predicted molar refractivity (Wildman–Crippen MR) is 58.2 cm³/mol. The van der Waals surface area contributed by atoms with Crippen LogP contribution in [0.15, 0.2) is 0 Å². The molecule has 15 heavy (non-hydrogen) atoms. The smallest absolute Gasteiger partial charge is 0.163 e. The fraction of sp³-hybridized carbons (Fsp3) is 0.636. The Hall–Kier alpha value is -1.16. The highest BCUT2D eigenvalue weighted by Gasteiger charge is 2.16. The van der Waals surface area contributed by atoms with Gasteiger partial charge in [-0.05, 0) is 27.7 Å². The number of carbonyl (C=O) groups excluding carboxylic acids is 1. The third kappa shape index (κ3) is 2.45. The average molecular weight is 210 g/mol. The summed E-state index contributed by atoms with van der Waals surface area (Å²) in [5.74, 6) is 0.0707. The Morgan fingerprint density at radius 3 is 2.53 bits per heavy atom. The van der Waals surface area contributed by atoms with Gasteiger partial charge in [0.15, 0.2) is 5.78 Å². The zero-order valence-corrected chi connectivity index (χ0v) is 10.00. The van der Waals surface area contributed by atoms with E-state index < -0.39 is 0 Å². The first-order valence-electron chi connectivity index (χ1n) is 5.05. The molecule has 1 atom stereocenters. The summed E-state index contributed by atoms with van der Waals surface area (Å²) in [6, 6.07) is 0. The third-order valence-corrected chi connectivity index (χ3v) is 2.57. The number of carbonyl (C=O) groups is 1. The van der Waals surface area contributed by atoms with Crippen molar-refractivity contribution in [3.8, 4) is 0 Å². The Morgan fingerprint density at radius 2 is 2.13 bits per heavy atom. The van der Waals surface area contributed by atoms with Gasteiger partial charge in [0.2, 0.25) is 0 Å². The Kier molecular flexibility index (Phi) is 3.63. The Labute approximate surface area is 90.2 Å². The summed E-state index contributed by atoms with van der Waals surface area (Å²) >= 11 is 0. The second-order valence-electron chi connectivity index (χ2n) is 3.83. The van der Waals surface area contributed by atoms with Crippen LogP contribution in [0, 0.1) is 13.8 Å². The Morgan fingerprint density at radius 1 is 1.53 bits per heavy atom. The van der Waals surface area contributed by atoms with Gasteiger partial charge < -0.3 is 4.74 Å². The molecular formula is C11H18N2O2. The summed E-state index contributed by atoms with van der Waals surface area (Å²) in [6.07, 6.45) is 0.0998. The van der Waals surface area contributed by atoms with Crippen LogP contribution in [0.2, 0.25) is 0 Å². The molecule has 1 heterocycles. The van der Waals surface area contributed by atoms with E-state index in [0.29, 0.717) is 6.54 Å². The quantitative estimate of drug-likeness (QED) is 0.711. The lowest BCUT2D eigenvalue weighted by molar-refractivity contribution is 0.0983. The van der Waals surface area contributed by atoms with Crippen molar-refractivity contribution in [1.82, 2.24) is 9.78 Å². The van der Waals surface area contributed by atoms with E-state index in [9.17, 15) is 4.79 Å². The van der Waals surface area contributed by atoms with Gasteiger partial charge in [-0.25, -0.2) is 0 Å². The number of rotatable bonds is 4. The largest absolute Gasteiger partial charge is 0.380 e. The number of ketones is 1. The molecule has 0 aliphatic heterocycles. The van der Waals surface area contributed by atoms with E-state index in [1.165, 1.54) is 0 Å². The molecule has 0 saturated heterocycles. The van der Waals surface area contributed by atoms with E-state index in [4.69, 9.17) is 4.74 Å². The van der Waals surface area contributed by atoms with E-state index >= 15 is 0 Å². The normalized spacial score (nSPS) is 12.9. The maximum atomic E-state index is 11.4. The van der Waals surface area contributed by atoms with Crippen LogP contribution >= 0.6 is 0 Å². The van der Waals surface area contributed by atoms with Crippen LogP contribution in [0.1, 0.15) is 35.6 Å². The summed E-state index contributed by atoms with van der Waals surface area (Å²) in [7, 11) is 1.67. The highest BCUT2D eigenvalue weighted by Crippen LogP contribution is 2.14. The molecule has 0 amide bonds. The van der Waals surface area contributed by atoms with Gasteiger partial charge in [-0.2, -0.15) is 5.10 Å². The first kappa shape index (κ1) is 11.9. The van der Waals surface area contributed by atoms with Gasteiger partial charge in [-0.3, -0.25) is 9.48 Å². The summed E-state index contributed by atoms with van der Waals surface area (Å²) in [5.41, 5.74) is 2.45. The van der Waals surface area contributed by atoms with Crippen LogP contribution in [-0.2, 0) is 11.3 Å². The van der Waals surface area contributed by atoms with Gasteiger partial charge >= 0.3 is 0 Å². The van der Waals surface area contributed by atoms with Gasteiger partial charge in [0.1, 0.15) is 0 Å². The average Bonchev–Trinajstić information content (AvgIpc) is 2.41. The molecule has 0 radical (unpaired) electrons. The SMILES string of the molecule is COC(C)Cn1nc(C)c(C(C)=O)c1C. The lowest BCUT2D eigenvalue weighted by Crippen LogP contribution is -2.17. The molecule has 1 unspecified atom stereocenters. The highest BCUT2D eigenvalue weighted by molar-refractivity contribution is 5.96. The molecule has 0 saturated carbocycles. The molecule has 84 valence electrons. The zero-order valence-electron chi connectivity index (χ0n) is 10.00. The Bertz CT molecular complexity index is 369. The van der Waals surface area contributed by atoms with E-state index in [-0.39, 0.29) is 11.9 Å². The van der Waals surface area contributed by atoms with Gasteiger partial charge in [0.25, 0.3) is 0 Å². The van der Waals surface area contributed by atoms with Crippen LogP contribution in [0.25, 0.3) is 0 Å². The number of nitrogens with zero attached hydrogens (tertiary/aromatic N) is 2. The summed E-state index contributed by atoms with van der Waals surface area (Å²) in [6.45, 7) is 8.00. The molecule has 0 aliphatic rings. The van der Waals surface area contributed by atoms with Gasteiger partial charge in [0, 0.05) is 12.8 Å². The highest BCUT2D eigenvalue weighted by atomic mass is 16.5. The molecule has 0 aromatic carbocycles. The van der Waals surface area contributed by atoms with E-state index in [2.05, 4.69) is 5.10 Å². The van der Waals surface area contributed by atoms with Crippen LogP contribution in [0.3, 0.4) is 0 Å². The summed E-state index contributed by atoms with van der Waals surface area (Å²) < 4.78 is 7.01. The van der Waals surface area contributed by atoms with Gasteiger partial charge in [-0.1, -0.05) is 0 Å². The van der Waals surface area contributed by atoms with Crippen molar-refractivity contribution in [1.29, 1.82) is 0 Å². The minimum absolute atomic E-state index is 0.0707. The van der Waals surface area contributed by atoms with E-state index in [1.54, 1.807) is 14.0 Å². The van der Waals surface area contributed by atoms with Gasteiger partial charge in [0.05, 0.1) is 23.9 Å². The van der Waals surface area contributed by atoms with E-state index in [0.717, 1.165) is 17.0 Å². The van der Waals surface area contributed by atoms with Crippen molar-refractivity contribution in [2.45, 2.75) is 40.3 Å². The van der Waals surface area contributed by atoms with Crippen molar-refractivity contribution in [2.75, 3.05) is 7.11 Å². The number of Topliss-reactive ketones (excluding diaryl/α,β-unsaturated/α-hetero) is 1. The van der Waals surface area contributed by atoms with Crippen molar-refractivity contribution in [3.63, 3.8) is 0 Å². The second-order valence-corrected chi connectivity index (χ2v) is 3.83. The number of hydrogen-bond donors (Lipinski definition) is 0. The molecule has 0 bridgehead atoms. The number of methoxy groups -OCH3 is 1. The molecule has 1 aromatic heterocycles. The fourth-order valence-corrected chi connectivity index (χ4v) is 1.70. The first-order chi connectivity index (χ1) is 6.97. The number of ether oxygens (including phenoxy) is 1. The second kappa shape index (κ2) is 4.57. The van der Waals surface area contributed by atoms with Crippen LogP contribution in [0.5, 0.6) is 0 Å². The summed E-state index contributed by atoms with van der Waals surface area (Å²) in [5, 5.41) is 4.34. The third-order valence-electron chi connectivity index (χ3n) is 2.57. The molecular weight excluding hydrogens is 192 g/mol. The number of aromatic nitrogens is 2. The van der Waals surface area contributed by atoms with Gasteiger partial charge in [-0.15, -0.1) is 0 Å². The standard InChI is InChI=1S/C11H18N2O2/c1-7(15-5)6-13-9(3)11(10(4)14)8(2)12-13/h7H,6H2,1-5H3. The molecule has 1 rings (SSSR count).